The Balaban J connectivity index is 1.21. The molecule has 1 saturated heterocycles. The highest BCUT2D eigenvalue weighted by molar-refractivity contribution is 6.02. The van der Waals surface area contributed by atoms with Crippen LogP contribution in [0.4, 0.5) is 11.4 Å². The summed E-state index contributed by atoms with van der Waals surface area (Å²) in [4.78, 5) is 39.3. The van der Waals surface area contributed by atoms with Gasteiger partial charge >= 0.3 is 5.69 Å². The molecule has 11 nitrogen and oxygen atoms in total. The van der Waals surface area contributed by atoms with Crippen molar-refractivity contribution in [3.63, 3.8) is 0 Å². The van der Waals surface area contributed by atoms with Crippen molar-refractivity contribution in [2.45, 2.75) is 69.7 Å². The number of carbonyl (C=O) groups excluding carboxylic acids is 2. The number of aryl methyl sites for hydroxylation is 1. The van der Waals surface area contributed by atoms with Gasteiger partial charge in [-0.3, -0.25) is 29.1 Å². The predicted octanol–water partition coefficient (Wildman–Crippen LogP) is 3.48. The Kier molecular flexibility index (Phi) is 5.42. The number of nitro groups is 1. The number of rotatable bonds is 6. The summed E-state index contributed by atoms with van der Waals surface area (Å²) >= 11 is 0. The Morgan fingerprint density at radius 3 is 2.50 bits per heavy atom. The zero-order chi connectivity index (χ0) is 25.1. The standard InChI is InChI=1S/C25H33N7O4/c1-29-22(23(34)30-5-3-2-4-6-30)20(14-26-29)28-21(33)12-24-8-17-7-18(9-24)11-25(10-17,16-24)31-15-19(13-27-31)32(35)36/h13-15,17-18H,2-12,16H2,1H3,(H,28,33). The fourth-order valence-corrected chi connectivity index (χ4v) is 8.11. The number of hydrogen-bond donors (Lipinski definition) is 1. The second-order valence-electron chi connectivity index (χ2n) is 11.7. The number of aromatic nitrogens is 4. The largest absolute Gasteiger partial charge is 0.337 e. The third kappa shape index (κ3) is 3.88. The molecule has 7 rings (SSSR count). The minimum Gasteiger partial charge on any atom is -0.337 e. The molecule has 2 amide bonds. The first-order chi connectivity index (χ1) is 17.3. The van der Waals surface area contributed by atoms with Crippen LogP contribution in [0.1, 0.15) is 74.7 Å². The Labute approximate surface area is 209 Å². The summed E-state index contributed by atoms with van der Waals surface area (Å²) in [6.07, 6.45) is 13.8. The van der Waals surface area contributed by atoms with Gasteiger partial charge in [-0.15, -0.1) is 0 Å². The molecule has 0 spiro atoms. The molecule has 2 aromatic rings. The van der Waals surface area contributed by atoms with Crippen molar-refractivity contribution in [3.8, 4) is 0 Å². The van der Waals surface area contributed by atoms with Gasteiger partial charge in [0.2, 0.25) is 5.91 Å². The molecule has 0 radical (unpaired) electrons. The van der Waals surface area contributed by atoms with Crippen LogP contribution in [0.15, 0.2) is 18.6 Å². The molecule has 3 heterocycles. The quantitative estimate of drug-likeness (QED) is 0.483. The van der Waals surface area contributed by atoms with Crippen molar-refractivity contribution >= 4 is 23.2 Å². The van der Waals surface area contributed by atoms with Gasteiger partial charge in [-0.2, -0.15) is 10.2 Å². The van der Waals surface area contributed by atoms with Crippen LogP contribution in [0, 0.1) is 27.4 Å². The zero-order valence-corrected chi connectivity index (χ0v) is 20.7. The lowest BCUT2D eigenvalue weighted by Crippen LogP contribution is -2.57. The molecular formula is C25H33N7O4. The molecule has 4 aliphatic carbocycles. The summed E-state index contributed by atoms with van der Waals surface area (Å²) in [7, 11) is 1.74. The van der Waals surface area contributed by atoms with E-state index in [2.05, 4.69) is 15.5 Å². The van der Waals surface area contributed by atoms with E-state index in [1.165, 1.54) is 6.20 Å². The lowest BCUT2D eigenvalue weighted by Gasteiger charge is -2.61. The molecule has 1 N–H and O–H groups in total. The van der Waals surface area contributed by atoms with Crippen LogP contribution in [-0.4, -0.2) is 54.3 Å². The molecule has 2 atom stereocenters. The summed E-state index contributed by atoms with van der Waals surface area (Å²) < 4.78 is 3.38. The van der Waals surface area contributed by atoms with Gasteiger partial charge in [0.15, 0.2) is 0 Å². The second kappa shape index (κ2) is 8.41. The fraction of sp³-hybridized carbons (Fsp3) is 0.680. The average Bonchev–Trinajstić information content (AvgIpc) is 3.46. The van der Waals surface area contributed by atoms with Gasteiger partial charge in [-0.25, -0.2) is 0 Å². The maximum atomic E-state index is 13.4. The van der Waals surface area contributed by atoms with Gasteiger partial charge in [0.1, 0.15) is 18.1 Å². The van der Waals surface area contributed by atoms with Gasteiger partial charge in [0.25, 0.3) is 5.91 Å². The maximum absolute atomic E-state index is 13.4. The Morgan fingerprint density at radius 2 is 1.83 bits per heavy atom. The third-order valence-electron chi connectivity index (χ3n) is 9.01. The number of anilines is 1. The van der Waals surface area contributed by atoms with Crippen molar-refractivity contribution in [2.75, 3.05) is 18.4 Å². The molecule has 36 heavy (non-hydrogen) atoms. The minimum absolute atomic E-state index is 0.0139. The Bertz CT molecular complexity index is 1200. The first-order valence-electron chi connectivity index (χ1n) is 13.1. The van der Waals surface area contributed by atoms with Gasteiger partial charge < -0.3 is 10.2 Å². The number of piperidine rings is 1. The number of likely N-dealkylation sites (tertiary alicyclic amines) is 1. The van der Waals surface area contributed by atoms with Crippen LogP contribution in [0.3, 0.4) is 0 Å². The van der Waals surface area contributed by atoms with E-state index in [1.807, 2.05) is 9.58 Å². The van der Waals surface area contributed by atoms with Crippen LogP contribution in [0.25, 0.3) is 0 Å². The van der Waals surface area contributed by atoms with Gasteiger partial charge in [0, 0.05) is 26.6 Å². The van der Waals surface area contributed by atoms with Gasteiger partial charge in [-0.1, -0.05) is 0 Å². The van der Waals surface area contributed by atoms with E-state index in [4.69, 9.17) is 0 Å². The zero-order valence-electron chi connectivity index (χ0n) is 20.7. The van der Waals surface area contributed by atoms with E-state index in [-0.39, 0.29) is 28.5 Å². The smallest absolute Gasteiger partial charge is 0.307 e. The molecule has 0 aromatic carbocycles. The summed E-state index contributed by atoms with van der Waals surface area (Å²) in [5, 5.41) is 23.0. The molecule has 2 unspecified atom stereocenters. The first-order valence-corrected chi connectivity index (χ1v) is 13.1. The molecule has 11 heteroatoms. The van der Waals surface area contributed by atoms with Crippen molar-refractivity contribution in [2.24, 2.45) is 24.3 Å². The highest BCUT2D eigenvalue weighted by atomic mass is 16.6. The average molecular weight is 496 g/mol. The molecule has 2 aromatic heterocycles. The van der Waals surface area contributed by atoms with Crippen molar-refractivity contribution < 1.29 is 14.5 Å². The van der Waals surface area contributed by atoms with Crippen LogP contribution in [0.2, 0.25) is 0 Å². The minimum atomic E-state index is -0.399. The summed E-state index contributed by atoms with van der Waals surface area (Å²) in [6.45, 7) is 1.47. The molecular weight excluding hydrogens is 462 g/mol. The van der Waals surface area contributed by atoms with Crippen molar-refractivity contribution in [1.29, 1.82) is 0 Å². The van der Waals surface area contributed by atoms with Crippen LogP contribution >= 0.6 is 0 Å². The summed E-state index contributed by atoms with van der Waals surface area (Å²) in [5.41, 5.74) is 0.493. The number of carbonyl (C=O) groups is 2. The summed E-state index contributed by atoms with van der Waals surface area (Å²) in [5.74, 6) is 0.812. The molecule has 5 aliphatic rings. The van der Waals surface area contributed by atoms with E-state index in [0.29, 0.717) is 29.6 Å². The fourth-order valence-electron chi connectivity index (χ4n) is 8.11. The lowest BCUT2D eigenvalue weighted by molar-refractivity contribution is -0.385. The summed E-state index contributed by atoms with van der Waals surface area (Å²) in [6, 6.07) is 0. The van der Waals surface area contributed by atoms with Gasteiger partial charge in [-0.05, 0) is 75.0 Å². The molecule has 5 fully saturated rings. The van der Waals surface area contributed by atoms with Crippen molar-refractivity contribution in [3.05, 3.63) is 34.4 Å². The number of nitrogens with one attached hydrogen (secondary N) is 1. The topological polar surface area (TPSA) is 128 Å². The van der Waals surface area contributed by atoms with Crippen LogP contribution < -0.4 is 5.32 Å². The number of nitrogens with zero attached hydrogens (tertiary/aromatic N) is 6. The van der Waals surface area contributed by atoms with E-state index >= 15 is 0 Å². The normalized spacial score (nSPS) is 31.0. The van der Waals surface area contributed by atoms with E-state index in [0.717, 1.165) is 70.9 Å². The first kappa shape index (κ1) is 23.2. The van der Waals surface area contributed by atoms with Gasteiger partial charge in [0.05, 0.1) is 22.3 Å². The lowest BCUT2D eigenvalue weighted by atomic mass is 9.46. The highest BCUT2D eigenvalue weighted by Gasteiger charge is 2.59. The monoisotopic (exact) mass is 495 g/mol. The van der Waals surface area contributed by atoms with Crippen LogP contribution in [0.5, 0.6) is 0 Å². The molecule has 1 aliphatic heterocycles. The number of hydrogen-bond acceptors (Lipinski definition) is 6. The third-order valence-corrected chi connectivity index (χ3v) is 9.01. The predicted molar refractivity (Wildman–Crippen MR) is 130 cm³/mol. The van der Waals surface area contributed by atoms with E-state index in [1.54, 1.807) is 24.1 Å². The van der Waals surface area contributed by atoms with Crippen LogP contribution in [-0.2, 0) is 17.4 Å². The molecule has 192 valence electrons. The highest BCUT2D eigenvalue weighted by Crippen LogP contribution is 2.65. The van der Waals surface area contributed by atoms with E-state index < -0.39 is 4.92 Å². The van der Waals surface area contributed by atoms with Crippen molar-refractivity contribution in [1.82, 2.24) is 24.5 Å². The SMILES string of the molecule is Cn1ncc(NC(=O)CC23CC4CC(C2)CC(n2cc([N+](=O)[O-])cn2)(C4)C3)c1C(=O)N1CCCCC1. The number of amides is 2. The Hall–Kier alpha value is -3.24. The molecule has 4 bridgehead atoms. The van der Waals surface area contributed by atoms with E-state index in [9.17, 15) is 19.7 Å². The molecule has 4 saturated carbocycles. The second-order valence-corrected chi connectivity index (χ2v) is 11.7. The Morgan fingerprint density at radius 1 is 1.11 bits per heavy atom. The maximum Gasteiger partial charge on any atom is 0.307 e.